The van der Waals surface area contributed by atoms with Crippen molar-refractivity contribution in [3.63, 3.8) is 0 Å². The molecule has 1 fully saturated rings. The van der Waals surface area contributed by atoms with E-state index in [4.69, 9.17) is 9.84 Å². The Bertz CT molecular complexity index is 357. The van der Waals surface area contributed by atoms with Crippen molar-refractivity contribution < 1.29 is 19.4 Å². The number of amides is 1. The van der Waals surface area contributed by atoms with Gasteiger partial charge in [0.2, 0.25) is 0 Å². The van der Waals surface area contributed by atoms with Crippen molar-refractivity contribution in [1.82, 2.24) is 9.80 Å². The van der Waals surface area contributed by atoms with Crippen LogP contribution in [0.3, 0.4) is 0 Å². The second-order valence-electron chi connectivity index (χ2n) is 6.54. The molecule has 0 aromatic heterocycles. The van der Waals surface area contributed by atoms with E-state index in [1.807, 2.05) is 27.7 Å². The topological polar surface area (TPSA) is 70.1 Å². The standard InChI is InChI=1S/C15H28N2O4/c1-5-12(13(18)19)6-7-16-8-10-17(11-9-16)14(20)21-15(2,3)4/h12H,5-11H2,1-4H3,(H,18,19). The highest BCUT2D eigenvalue weighted by Gasteiger charge is 2.26. The minimum Gasteiger partial charge on any atom is -0.481 e. The molecule has 6 nitrogen and oxygen atoms in total. The first-order chi connectivity index (χ1) is 9.73. The fourth-order valence-electron chi connectivity index (χ4n) is 2.32. The maximum absolute atomic E-state index is 11.9. The lowest BCUT2D eigenvalue weighted by Crippen LogP contribution is -2.50. The van der Waals surface area contributed by atoms with Crippen LogP contribution in [-0.2, 0) is 9.53 Å². The van der Waals surface area contributed by atoms with Crippen molar-refractivity contribution in [2.24, 2.45) is 5.92 Å². The predicted octanol–water partition coefficient (Wildman–Crippen LogP) is 2.04. The van der Waals surface area contributed by atoms with Crippen molar-refractivity contribution >= 4 is 12.1 Å². The van der Waals surface area contributed by atoms with Gasteiger partial charge in [-0.1, -0.05) is 6.92 Å². The lowest BCUT2D eigenvalue weighted by Gasteiger charge is -2.35. The van der Waals surface area contributed by atoms with E-state index in [1.54, 1.807) is 4.90 Å². The van der Waals surface area contributed by atoms with Crippen LogP contribution in [0.5, 0.6) is 0 Å². The van der Waals surface area contributed by atoms with E-state index >= 15 is 0 Å². The highest BCUT2D eigenvalue weighted by atomic mass is 16.6. The van der Waals surface area contributed by atoms with E-state index in [-0.39, 0.29) is 12.0 Å². The Labute approximate surface area is 127 Å². The zero-order chi connectivity index (χ0) is 16.0. The number of rotatable bonds is 5. The lowest BCUT2D eigenvalue weighted by molar-refractivity contribution is -0.142. The normalized spacial score (nSPS) is 18.4. The van der Waals surface area contributed by atoms with Gasteiger partial charge in [0.15, 0.2) is 0 Å². The summed E-state index contributed by atoms with van der Waals surface area (Å²) in [4.78, 5) is 26.9. The summed E-state index contributed by atoms with van der Waals surface area (Å²) in [5.74, 6) is -0.987. The number of nitrogens with zero attached hydrogens (tertiary/aromatic N) is 2. The number of hydrogen-bond acceptors (Lipinski definition) is 4. The summed E-state index contributed by atoms with van der Waals surface area (Å²) in [5.41, 5.74) is -0.468. The zero-order valence-electron chi connectivity index (χ0n) is 13.6. The van der Waals surface area contributed by atoms with Gasteiger partial charge < -0.3 is 14.7 Å². The van der Waals surface area contributed by atoms with Crippen LogP contribution in [0.4, 0.5) is 4.79 Å². The molecule has 0 bridgehead atoms. The second kappa shape index (κ2) is 7.64. The number of aliphatic carboxylic acids is 1. The summed E-state index contributed by atoms with van der Waals surface area (Å²) in [5, 5.41) is 9.04. The fourth-order valence-corrected chi connectivity index (χ4v) is 2.32. The first-order valence-corrected chi connectivity index (χ1v) is 7.66. The number of carbonyl (C=O) groups is 2. The third-order valence-electron chi connectivity index (χ3n) is 3.66. The molecule has 1 N–H and O–H groups in total. The Morgan fingerprint density at radius 2 is 1.76 bits per heavy atom. The van der Waals surface area contributed by atoms with Crippen molar-refractivity contribution in [3.05, 3.63) is 0 Å². The molecule has 0 saturated carbocycles. The highest BCUT2D eigenvalue weighted by molar-refractivity contribution is 5.69. The minimum absolute atomic E-state index is 0.265. The van der Waals surface area contributed by atoms with Gasteiger partial charge in [0.25, 0.3) is 0 Å². The van der Waals surface area contributed by atoms with E-state index in [0.29, 0.717) is 25.9 Å². The summed E-state index contributed by atoms with van der Waals surface area (Å²) in [6, 6.07) is 0. The van der Waals surface area contributed by atoms with E-state index in [2.05, 4.69) is 4.90 Å². The average Bonchev–Trinajstić information content (AvgIpc) is 2.37. The quantitative estimate of drug-likeness (QED) is 0.841. The molecule has 1 saturated heterocycles. The first kappa shape index (κ1) is 17.8. The Morgan fingerprint density at radius 1 is 1.19 bits per heavy atom. The molecule has 21 heavy (non-hydrogen) atoms. The van der Waals surface area contributed by atoms with Crippen molar-refractivity contribution in [2.75, 3.05) is 32.7 Å². The number of carboxylic acids is 1. The molecule has 122 valence electrons. The number of hydrogen-bond donors (Lipinski definition) is 1. The molecule has 1 amide bonds. The van der Waals surface area contributed by atoms with Crippen LogP contribution in [-0.4, -0.2) is 65.3 Å². The van der Waals surface area contributed by atoms with Gasteiger partial charge in [-0.25, -0.2) is 4.79 Å². The molecule has 1 aliphatic rings. The van der Waals surface area contributed by atoms with Crippen LogP contribution in [0.2, 0.25) is 0 Å². The third kappa shape index (κ3) is 6.33. The summed E-state index contributed by atoms with van der Waals surface area (Å²) >= 11 is 0. The maximum atomic E-state index is 11.9. The van der Waals surface area contributed by atoms with Gasteiger partial charge in [-0.2, -0.15) is 0 Å². The summed E-state index contributed by atoms with van der Waals surface area (Å²) in [6.45, 7) is 11.1. The third-order valence-corrected chi connectivity index (χ3v) is 3.66. The molecule has 0 aromatic carbocycles. The zero-order valence-corrected chi connectivity index (χ0v) is 13.6. The van der Waals surface area contributed by atoms with E-state index in [9.17, 15) is 9.59 Å². The van der Waals surface area contributed by atoms with Gasteiger partial charge in [0, 0.05) is 26.2 Å². The van der Waals surface area contributed by atoms with Gasteiger partial charge in [0.05, 0.1) is 5.92 Å². The van der Waals surface area contributed by atoms with E-state index < -0.39 is 11.6 Å². The van der Waals surface area contributed by atoms with Gasteiger partial charge in [0.1, 0.15) is 5.60 Å². The second-order valence-corrected chi connectivity index (χ2v) is 6.54. The van der Waals surface area contributed by atoms with Gasteiger partial charge in [-0.3, -0.25) is 9.69 Å². The molecule has 1 atom stereocenters. The van der Waals surface area contributed by atoms with Crippen LogP contribution in [0.15, 0.2) is 0 Å². The Morgan fingerprint density at radius 3 is 2.19 bits per heavy atom. The van der Waals surface area contributed by atoms with Crippen LogP contribution in [0.25, 0.3) is 0 Å². The summed E-state index contributed by atoms with van der Waals surface area (Å²) in [7, 11) is 0. The van der Waals surface area contributed by atoms with Gasteiger partial charge >= 0.3 is 12.1 Å². The molecule has 0 radical (unpaired) electrons. The maximum Gasteiger partial charge on any atom is 0.410 e. The molecule has 1 unspecified atom stereocenters. The smallest absolute Gasteiger partial charge is 0.410 e. The monoisotopic (exact) mass is 300 g/mol. The van der Waals surface area contributed by atoms with E-state index in [1.165, 1.54) is 0 Å². The molecule has 6 heteroatoms. The number of carboxylic acid groups (broad SMARTS) is 1. The van der Waals surface area contributed by atoms with Crippen molar-refractivity contribution in [2.45, 2.75) is 46.1 Å². The lowest BCUT2D eigenvalue weighted by atomic mass is 10.0. The molecule has 1 heterocycles. The largest absolute Gasteiger partial charge is 0.481 e. The molecule has 0 spiro atoms. The molecule has 1 aliphatic heterocycles. The minimum atomic E-state index is -0.718. The number of carbonyl (C=O) groups excluding carboxylic acids is 1. The van der Waals surface area contributed by atoms with Gasteiger partial charge in [-0.05, 0) is 40.2 Å². The number of piperazine rings is 1. The molecular weight excluding hydrogens is 272 g/mol. The van der Waals surface area contributed by atoms with Crippen LogP contribution < -0.4 is 0 Å². The molecule has 0 aliphatic carbocycles. The summed E-state index contributed by atoms with van der Waals surface area (Å²) < 4.78 is 5.35. The Balaban J connectivity index is 2.32. The molecular formula is C15H28N2O4. The van der Waals surface area contributed by atoms with Crippen molar-refractivity contribution in [3.8, 4) is 0 Å². The Kier molecular flexibility index (Phi) is 6.45. The Hall–Kier alpha value is -1.30. The van der Waals surface area contributed by atoms with Gasteiger partial charge in [-0.15, -0.1) is 0 Å². The number of ether oxygens (including phenoxy) is 1. The first-order valence-electron chi connectivity index (χ1n) is 7.66. The average molecular weight is 300 g/mol. The van der Waals surface area contributed by atoms with Crippen molar-refractivity contribution in [1.29, 1.82) is 0 Å². The van der Waals surface area contributed by atoms with Crippen LogP contribution in [0, 0.1) is 5.92 Å². The fraction of sp³-hybridized carbons (Fsp3) is 0.867. The van der Waals surface area contributed by atoms with Crippen LogP contribution >= 0.6 is 0 Å². The molecule has 1 rings (SSSR count). The SMILES string of the molecule is CCC(CCN1CCN(C(=O)OC(C)(C)C)CC1)C(=O)O. The highest BCUT2D eigenvalue weighted by Crippen LogP contribution is 2.14. The summed E-state index contributed by atoms with van der Waals surface area (Å²) in [6.07, 6.45) is 1.06. The predicted molar refractivity (Wildman–Crippen MR) is 80.3 cm³/mol. The van der Waals surface area contributed by atoms with Crippen LogP contribution in [0.1, 0.15) is 40.5 Å². The van der Waals surface area contributed by atoms with E-state index in [0.717, 1.165) is 19.6 Å². The molecule has 0 aromatic rings.